The average molecular weight is 353 g/mol. The zero-order valence-electron chi connectivity index (χ0n) is 14.5. The Morgan fingerprint density at radius 2 is 2.04 bits per heavy atom. The summed E-state index contributed by atoms with van der Waals surface area (Å²) in [6, 6.07) is 9.28. The Morgan fingerprint density at radius 3 is 2.58 bits per heavy atom. The Morgan fingerprint density at radius 1 is 1.38 bits per heavy atom. The van der Waals surface area contributed by atoms with Crippen molar-refractivity contribution in [3.05, 3.63) is 35.9 Å². The number of ether oxygens (including phenoxy) is 1. The van der Waals surface area contributed by atoms with E-state index < -0.39 is 15.7 Å². The van der Waals surface area contributed by atoms with E-state index in [0.29, 0.717) is 0 Å². The van der Waals surface area contributed by atoms with Crippen molar-refractivity contribution in [3.63, 3.8) is 0 Å². The van der Waals surface area contributed by atoms with Crippen LogP contribution >= 0.6 is 0 Å². The lowest BCUT2D eigenvalue weighted by Crippen LogP contribution is -2.42. The number of nitrogens with one attached hydrogen (secondary N) is 1. The first-order valence-electron chi connectivity index (χ1n) is 8.29. The van der Waals surface area contributed by atoms with Crippen LogP contribution in [-0.2, 0) is 27.1 Å². The van der Waals surface area contributed by atoms with Gasteiger partial charge in [0.2, 0.25) is 0 Å². The van der Waals surface area contributed by atoms with Crippen LogP contribution in [0.15, 0.2) is 30.3 Å². The van der Waals surface area contributed by atoms with Gasteiger partial charge in [0.05, 0.1) is 22.2 Å². The van der Waals surface area contributed by atoms with Gasteiger partial charge in [-0.05, 0) is 44.6 Å². The van der Waals surface area contributed by atoms with E-state index in [4.69, 9.17) is 4.74 Å². The highest BCUT2D eigenvalue weighted by Gasteiger charge is 2.44. The Balaban J connectivity index is 1.90. The summed E-state index contributed by atoms with van der Waals surface area (Å²) < 4.78 is 20.3. The first-order valence-corrected chi connectivity index (χ1v) is 9.44. The van der Waals surface area contributed by atoms with Crippen molar-refractivity contribution in [3.8, 4) is 0 Å². The van der Waals surface area contributed by atoms with Crippen LogP contribution in [-0.4, -0.2) is 32.7 Å². The van der Waals surface area contributed by atoms with Crippen LogP contribution < -0.4 is 4.72 Å². The zero-order valence-corrected chi connectivity index (χ0v) is 15.3. The number of hydrogen-bond donors (Lipinski definition) is 2. The predicted molar refractivity (Wildman–Crippen MR) is 94.4 cm³/mol. The largest absolute Gasteiger partial charge is 0.461 e. The van der Waals surface area contributed by atoms with Gasteiger partial charge in [-0.15, -0.1) is 0 Å². The van der Waals surface area contributed by atoms with E-state index in [2.05, 4.69) is 4.72 Å². The maximum Gasteiger partial charge on any atom is 0.307 e. The maximum absolute atomic E-state index is 12.3. The molecule has 4 atom stereocenters. The van der Waals surface area contributed by atoms with E-state index in [9.17, 15) is 14.1 Å². The van der Waals surface area contributed by atoms with Crippen molar-refractivity contribution in [2.24, 2.45) is 11.8 Å². The normalized spacial score (nSPS) is 22.7. The van der Waals surface area contributed by atoms with Gasteiger partial charge < -0.3 is 9.84 Å². The van der Waals surface area contributed by atoms with Crippen molar-refractivity contribution in [2.75, 3.05) is 6.61 Å². The summed E-state index contributed by atoms with van der Waals surface area (Å²) in [5.41, 5.74) is 0.938. The fourth-order valence-electron chi connectivity index (χ4n) is 2.54. The van der Waals surface area contributed by atoms with Gasteiger partial charge in [-0.25, -0.2) is 8.93 Å². The van der Waals surface area contributed by atoms with Crippen LogP contribution in [0.1, 0.15) is 39.2 Å². The molecule has 1 aromatic carbocycles. The van der Waals surface area contributed by atoms with Gasteiger partial charge in [0.25, 0.3) is 0 Å². The van der Waals surface area contributed by atoms with Crippen LogP contribution in [0.4, 0.5) is 0 Å². The van der Waals surface area contributed by atoms with Gasteiger partial charge in [0.1, 0.15) is 6.61 Å². The van der Waals surface area contributed by atoms with Gasteiger partial charge >= 0.3 is 5.97 Å². The van der Waals surface area contributed by atoms with Gasteiger partial charge in [0, 0.05) is 12.6 Å². The highest BCUT2D eigenvalue weighted by atomic mass is 32.2. The molecule has 134 valence electrons. The quantitative estimate of drug-likeness (QED) is 0.702. The minimum Gasteiger partial charge on any atom is -0.461 e. The first kappa shape index (κ1) is 19.1. The molecule has 0 aromatic heterocycles. The molecule has 1 aliphatic carbocycles. The summed E-state index contributed by atoms with van der Waals surface area (Å²) in [7, 11) is -1.26. The average Bonchev–Trinajstić information content (AvgIpc) is 3.32. The van der Waals surface area contributed by atoms with Crippen molar-refractivity contribution >= 4 is 17.0 Å². The van der Waals surface area contributed by atoms with E-state index in [1.165, 1.54) is 0 Å². The van der Waals surface area contributed by atoms with E-state index in [1.807, 2.05) is 51.1 Å². The smallest absolute Gasteiger partial charge is 0.307 e. The number of carbonyl (C=O) groups is 1. The molecule has 1 aliphatic rings. The van der Waals surface area contributed by atoms with E-state index in [0.717, 1.165) is 12.0 Å². The molecular formula is C18H27NO4S. The molecule has 0 spiro atoms. The van der Waals surface area contributed by atoms with Crippen molar-refractivity contribution in [1.82, 2.24) is 4.72 Å². The van der Waals surface area contributed by atoms with Gasteiger partial charge in [-0.1, -0.05) is 30.3 Å². The molecule has 0 bridgehead atoms. The van der Waals surface area contributed by atoms with E-state index in [-0.39, 0.29) is 43.5 Å². The topological polar surface area (TPSA) is 75.6 Å². The molecule has 6 heteroatoms. The molecule has 5 nitrogen and oxygen atoms in total. The van der Waals surface area contributed by atoms with Crippen LogP contribution in [0.2, 0.25) is 0 Å². The van der Waals surface area contributed by atoms with Crippen molar-refractivity contribution in [1.29, 1.82) is 0 Å². The molecule has 0 aliphatic heterocycles. The lowest BCUT2D eigenvalue weighted by atomic mass is 10.1. The zero-order chi connectivity index (χ0) is 17.7. The molecule has 1 saturated carbocycles. The third-order valence-electron chi connectivity index (χ3n) is 4.17. The molecule has 1 aromatic rings. The third kappa shape index (κ3) is 5.69. The van der Waals surface area contributed by atoms with Gasteiger partial charge in [0.15, 0.2) is 0 Å². The van der Waals surface area contributed by atoms with Crippen molar-refractivity contribution in [2.45, 2.75) is 51.0 Å². The maximum atomic E-state index is 12.3. The number of esters is 1. The molecule has 0 amide bonds. The van der Waals surface area contributed by atoms with Crippen LogP contribution in [0.25, 0.3) is 0 Å². The Hall–Kier alpha value is -1.24. The molecule has 0 radical (unpaired) electrons. The number of aliphatic hydroxyl groups is 1. The number of benzene rings is 1. The fourth-order valence-corrected chi connectivity index (χ4v) is 3.43. The van der Waals surface area contributed by atoms with Crippen LogP contribution in [0.5, 0.6) is 0 Å². The molecule has 2 rings (SSSR count). The second-order valence-electron chi connectivity index (χ2n) is 7.30. The van der Waals surface area contributed by atoms with Crippen molar-refractivity contribution < 1.29 is 18.8 Å². The first-order chi connectivity index (χ1) is 11.3. The minimum atomic E-state index is -1.26. The summed E-state index contributed by atoms with van der Waals surface area (Å²) in [4.78, 5) is 12.2. The summed E-state index contributed by atoms with van der Waals surface area (Å²) in [6.07, 6.45) is 1.01. The Bertz CT molecular complexity index is 570. The monoisotopic (exact) mass is 353 g/mol. The highest BCUT2D eigenvalue weighted by Crippen LogP contribution is 2.42. The molecule has 1 fully saturated rings. The Kier molecular flexibility index (Phi) is 6.54. The number of hydrogen-bond acceptors (Lipinski definition) is 4. The standard InChI is InChI=1S/C18H27NO4S/c1-18(2,3)24(22)19-16(15-9-14(15)11-20)10-17(21)23-12-13-7-5-4-6-8-13/h4-8,14-16,19-20H,9-12H2,1-3H3/t14-,15-,16+,24-/m0/s1. The predicted octanol–water partition coefficient (Wildman–Crippen LogP) is 2.17. The molecule has 0 unspecified atom stereocenters. The summed E-state index contributed by atoms with van der Waals surface area (Å²) in [6.45, 7) is 6.00. The third-order valence-corrected chi connectivity index (χ3v) is 5.80. The molecule has 24 heavy (non-hydrogen) atoms. The van der Waals surface area contributed by atoms with E-state index >= 15 is 0 Å². The molecule has 2 N–H and O–H groups in total. The van der Waals surface area contributed by atoms with Gasteiger partial charge in [-0.2, -0.15) is 0 Å². The van der Waals surface area contributed by atoms with Crippen LogP contribution in [0.3, 0.4) is 0 Å². The Labute approximate surface area is 146 Å². The fraction of sp³-hybridized carbons (Fsp3) is 0.611. The van der Waals surface area contributed by atoms with Crippen LogP contribution in [0, 0.1) is 11.8 Å². The second kappa shape index (κ2) is 8.23. The lowest BCUT2D eigenvalue weighted by molar-refractivity contribution is -0.145. The minimum absolute atomic E-state index is 0.101. The number of carbonyl (C=O) groups excluding carboxylic acids is 1. The molecular weight excluding hydrogens is 326 g/mol. The highest BCUT2D eigenvalue weighted by molar-refractivity contribution is 7.84. The number of rotatable bonds is 8. The van der Waals surface area contributed by atoms with Gasteiger partial charge in [-0.3, -0.25) is 4.79 Å². The SMILES string of the molecule is CC(C)(C)[S@](=O)N[C@H](CC(=O)OCc1ccccc1)[C@H]1C[C@H]1CO. The molecule has 0 heterocycles. The summed E-state index contributed by atoms with van der Waals surface area (Å²) >= 11 is 0. The van der Waals surface area contributed by atoms with E-state index in [1.54, 1.807) is 0 Å². The second-order valence-corrected chi connectivity index (χ2v) is 9.30. The lowest BCUT2D eigenvalue weighted by Gasteiger charge is -2.24. The molecule has 0 saturated heterocycles. The summed E-state index contributed by atoms with van der Waals surface area (Å²) in [5.74, 6) is 0.0396. The number of aliphatic hydroxyl groups excluding tert-OH is 1. The summed E-state index contributed by atoms with van der Waals surface area (Å²) in [5, 5.41) is 9.29.